The molecule has 1 amide bonds. The lowest BCUT2D eigenvalue weighted by atomic mass is 9.84. The topological polar surface area (TPSA) is 112 Å². The molecule has 0 spiro atoms. The summed E-state index contributed by atoms with van der Waals surface area (Å²) in [6.07, 6.45) is -1.20. The van der Waals surface area contributed by atoms with Gasteiger partial charge in [-0.25, -0.2) is 4.79 Å². The van der Waals surface area contributed by atoms with Gasteiger partial charge in [-0.2, -0.15) is 0 Å². The minimum atomic E-state index is -1.20. The highest BCUT2D eigenvalue weighted by molar-refractivity contribution is 6.28. The average molecular weight is 546 g/mol. The first-order valence-electron chi connectivity index (χ1n) is 12.9. The van der Waals surface area contributed by atoms with E-state index in [9.17, 15) is 19.2 Å². The van der Waals surface area contributed by atoms with Crippen LogP contribution in [0, 0.1) is 0 Å². The van der Waals surface area contributed by atoms with Crippen LogP contribution >= 0.6 is 0 Å². The summed E-state index contributed by atoms with van der Waals surface area (Å²) in [5.41, 5.74) is 2.40. The zero-order valence-electron chi connectivity index (χ0n) is 21.9. The molecule has 8 nitrogen and oxygen atoms in total. The van der Waals surface area contributed by atoms with Crippen molar-refractivity contribution >= 4 is 40.1 Å². The summed E-state index contributed by atoms with van der Waals surface area (Å²) in [6.45, 7) is 1.48. The fourth-order valence-electron chi connectivity index (χ4n) is 4.77. The Bertz CT molecular complexity index is 1840. The van der Waals surface area contributed by atoms with Crippen LogP contribution in [0.1, 0.15) is 54.9 Å². The van der Waals surface area contributed by atoms with E-state index in [0.717, 1.165) is 0 Å². The molecule has 0 aliphatic heterocycles. The van der Waals surface area contributed by atoms with E-state index in [1.54, 1.807) is 48.5 Å². The molecule has 0 radical (unpaired) electrons. The van der Waals surface area contributed by atoms with Crippen LogP contribution in [0.2, 0.25) is 0 Å². The third kappa shape index (κ3) is 4.87. The van der Waals surface area contributed by atoms with Crippen LogP contribution in [0.3, 0.4) is 0 Å². The van der Waals surface area contributed by atoms with Crippen molar-refractivity contribution in [2.24, 2.45) is 0 Å². The molecule has 6 rings (SSSR count). The molecule has 4 aromatic carbocycles. The minimum Gasteiger partial charge on any atom is -0.489 e. The number of anilines is 1. The third-order valence-electron chi connectivity index (χ3n) is 6.86. The fraction of sp³-hybridized carbons (Fsp3) is 0.0909. The Morgan fingerprint density at radius 2 is 1.41 bits per heavy atom. The molecule has 41 heavy (non-hydrogen) atoms. The first-order valence-corrected chi connectivity index (χ1v) is 12.9. The van der Waals surface area contributed by atoms with Gasteiger partial charge in [0.1, 0.15) is 17.9 Å². The predicted octanol–water partition coefficient (Wildman–Crippen LogP) is 5.97. The standard InChI is InChI=1S/C33H23NO7/c1-19(32(37)34-20-15-16-25-26(17-20)30(36)24-13-6-5-12-23(24)29(25)35)40-33(38)31-27(18-39-21-9-3-2-4-10-21)22-11-7-8-14-28(22)41-31/h2-17,19H,18H2,1H3,(H,34,37)/t19-/m1/s1. The number of amides is 1. The summed E-state index contributed by atoms with van der Waals surface area (Å²) < 4.78 is 17.1. The van der Waals surface area contributed by atoms with Crippen LogP contribution in [-0.2, 0) is 16.1 Å². The Morgan fingerprint density at radius 1 is 0.780 bits per heavy atom. The molecule has 1 atom stereocenters. The zero-order valence-corrected chi connectivity index (χ0v) is 21.9. The zero-order chi connectivity index (χ0) is 28.5. The van der Waals surface area contributed by atoms with E-state index in [0.29, 0.717) is 33.4 Å². The lowest BCUT2D eigenvalue weighted by Crippen LogP contribution is -2.30. The molecule has 5 aromatic rings. The van der Waals surface area contributed by atoms with Crippen LogP contribution in [0.5, 0.6) is 5.75 Å². The Hall–Kier alpha value is -5.50. The van der Waals surface area contributed by atoms with Crippen LogP contribution in [0.15, 0.2) is 101 Å². The van der Waals surface area contributed by atoms with E-state index in [2.05, 4.69) is 5.32 Å². The summed E-state index contributed by atoms with van der Waals surface area (Å²) in [7, 11) is 0. The van der Waals surface area contributed by atoms with Gasteiger partial charge in [0.15, 0.2) is 17.7 Å². The largest absolute Gasteiger partial charge is 0.489 e. The monoisotopic (exact) mass is 545 g/mol. The second-order valence-corrected chi connectivity index (χ2v) is 9.51. The molecule has 1 aliphatic carbocycles. The smallest absolute Gasteiger partial charge is 0.375 e. The van der Waals surface area contributed by atoms with Gasteiger partial charge >= 0.3 is 5.97 Å². The van der Waals surface area contributed by atoms with Crippen molar-refractivity contribution in [3.63, 3.8) is 0 Å². The van der Waals surface area contributed by atoms with Gasteiger partial charge in [-0.3, -0.25) is 14.4 Å². The number of hydrogen-bond acceptors (Lipinski definition) is 7. The average Bonchev–Trinajstić information content (AvgIpc) is 3.38. The maximum Gasteiger partial charge on any atom is 0.375 e. The number of carbonyl (C=O) groups excluding carboxylic acids is 4. The van der Waals surface area contributed by atoms with E-state index in [1.165, 1.54) is 25.1 Å². The quantitative estimate of drug-likeness (QED) is 0.246. The van der Waals surface area contributed by atoms with E-state index in [1.807, 2.05) is 30.3 Å². The molecule has 0 unspecified atom stereocenters. The molecule has 0 fully saturated rings. The van der Waals surface area contributed by atoms with Crippen molar-refractivity contribution in [3.8, 4) is 5.75 Å². The van der Waals surface area contributed by atoms with Crippen molar-refractivity contribution in [3.05, 3.63) is 131 Å². The number of carbonyl (C=O) groups is 4. The van der Waals surface area contributed by atoms with Gasteiger partial charge in [-0.1, -0.05) is 60.7 Å². The highest BCUT2D eigenvalue weighted by Gasteiger charge is 2.30. The number of rotatable bonds is 7. The maximum atomic E-state index is 13.2. The second-order valence-electron chi connectivity index (χ2n) is 9.51. The number of fused-ring (bicyclic) bond motifs is 3. The molecule has 1 aliphatic rings. The molecule has 1 aromatic heterocycles. The Kier molecular flexibility index (Phi) is 6.65. The minimum absolute atomic E-state index is 0.0526. The highest BCUT2D eigenvalue weighted by atomic mass is 16.6. The number of ketones is 2. The molecular weight excluding hydrogens is 522 g/mol. The normalized spacial score (nSPS) is 12.8. The van der Waals surface area contributed by atoms with Gasteiger partial charge < -0.3 is 19.2 Å². The molecule has 0 bridgehead atoms. The van der Waals surface area contributed by atoms with Crippen molar-refractivity contribution in [1.82, 2.24) is 0 Å². The lowest BCUT2D eigenvalue weighted by Gasteiger charge is -2.19. The van der Waals surface area contributed by atoms with Crippen molar-refractivity contribution < 1.29 is 33.1 Å². The summed E-state index contributed by atoms with van der Waals surface area (Å²) >= 11 is 0. The summed E-state index contributed by atoms with van der Waals surface area (Å²) in [6, 6.07) is 27.4. The number of para-hydroxylation sites is 2. The van der Waals surface area contributed by atoms with Gasteiger partial charge in [0.25, 0.3) is 5.91 Å². The number of nitrogens with one attached hydrogen (secondary N) is 1. The van der Waals surface area contributed by atoms with E-state index in [4.69, 9.17) is 13.9 Å². The molecular formula is C33H23NO7. The predicted molar refractivity (Wildman–Crippen MR) is 150 cm³/mol. The van der Waals surface area contributed by atoms with Gasteiger partial charge in [0.2, 0.25) is 5.76 Å². The Morgan fingerprint density at radius 3 is 2.17 bits per heavy atom. The van der Waals surface area contributed by atoms with Gasteiger partial charge in [0.05, 0.1) is 5.56 Å². The van der Waals surface area contributed by atoms with Gasteiger partial charge in [-0.15, -0.1) is 0 Å². The van der Waals surface area contributed by atoms with E-state index in [-0.39, 0.29) is 40.7 Å². The van der Waals surface area contributed by atoms with E-state index < -0.39 is 18.0 Å². The number of ether oxygens (including phenoxy) is 2. The molecule has 0 saturated heterocycles. The molecule has 202 valence electrons. The summed E-state index contributed by atoms with van der Waals surface area (Å²) in [5, 5.41) is 3.36. The fourth-order valence-corrected chi connectivity index (χ4v) is 4.77. The summed E-state index contributed by atoms with van der Waals surface area (Å²) in [4.78, 5) is 52.0. The van der Waals surface area contributed by atoms with Crippen molar-refractivity contribution in [2.45, 2.75) is 19.6 Å². The van der Waals surface area contributed by atoms with Gasteiger partial charge in [-0.05, 0) is 43.3 Å². The van der Waals surface area contributed by atoms with Crippen LogP contribution in [0.4, 0.5) is 5.69 Å². The SMILES string of the molecule is C[C@@H](OC(=O)c1oc2ccccc2c1COc1ccccc1)C(=O)Nc1ccc2c(c1)C(=O)c1ccccc1C2=O. The van der Waals surface area contributed by atoms with Crippen LogP contribution in [0.25, 0.3) is 11.0 Å². The van der Waals surface area contributed by atoms with E-state index >= 15 is 0 Å². The number of furan rings is 1. The number of esters is 1. The van der Waals surface area contributed by atoms with Crippen molar-refractivity contribution in [2.75, 3.05) is 5.32 Å². The lowest BCUT2D eigenvalue weighted by molar-refractivity contribution is -0.123. The number of hydrogen-bond donors (Lipinski definition) is 1. The Balaban J connectivity index is 1.18. The molecule has 1 heterocycles. The van der Waals surface area contributed by atoms with Crippen LogP contribution in [-0.4, -0.2) is 29.5 Å². The summed E-state index contributed by atoms with van der Waals surface area (Å²) in [5.74, 6) is -1.43. The molecule has 0 saturated carbocycles. The molecule has 8 heteroatoms. The van der Waals surface area contributed by atoms with Crippen LogP contribution < -0.4 is 10.1 Å². The van der Waals surface area contributed by atoms with Crippen molar-refractivity contribution in [1.29, 1.82) is 0 Å². The molecule has 1 N–H and O–H groups in total. The second kappa shape index (κ2) is 10.6. The Labute approximate surface area is 234 Å². The third-order valence-corrected chi connectivity index (χ3v) is 6.86. The first kappa shape index (κ1) is 25.8. The maximum absolute atomic E-state index is 13.2. The highest BCUT2D eigenvalue weighted by Crippen LogP contribution is 2.30. The number of benzene rings is 4. The first-order chi connectivity index (χ1) is 19.9. The van der Waals surface area contributed by atoms with Gasteiger partial charge in [0, 0.05) is 33.3 Å².